The molecule has 0 spiro atoms. The summed E-state index contributed by atoms with van der Waals surface area (Å²) in [4.78, 5) is 0. The van der Waals surface area contributed by atoms with E-state index in [1.165, 1.54) is 0 Å². The van der Waals surface area contributed by atoms with Gasteiger partial charge in [0.15, 0.2) is 0 Å². The van der Waals surface area contributed by atoms with Crippen molar-refractivity contribution in [3.63, 3.8) is 0 Å². The summed E-state index contributed by atoms with van der Waals surface area (Å²) in [5.74, 6) is 0. The lowest BCUT2D eigenvalue weighted by Crippen LogP contribution is -2.24. The Morgan fingerprint density at radius 2 is 2.00 bits per heavy atom. The molecular weight excluding hydrogens is 154 g/mol. The highest BCUT2D eigenvalue weighted by atomic mass is 79.9. The van der Waals surface area contributed by atoms with Gasteiger partial charge >= 0.3 is 0 Å². The van der Waals surface area contributed by atoms with Crippen LogP contribution in [0.3, 0.4) is 0 Å². The Hall–Kier alpha value is 0.440. The van der Waals surface area contributed by atoms with Crippen LogP contribution in [-0.2, 0) is 0 Å². The standard InChI is InChI=1S/C5H12BrN/c1-5(2,3-6)4-7/h3-4,7H2,1-2H3. The van der Waals surface area contributed by atoms with Crippen molar-refractivity contribution in [3.8, 4) is 0 Å². The summed E-state index contributed by atoms with van der Waals surface area (Å²) >= 11 is 3.35. The van der Waals surface area contributed by atoms with Crippen molar-refractivity contribution in [1.82, 2.24) is 0 Å². The van der Waals surface area contributed by atoms with Crippen molar-refractivity contribution < 1.29 is 0 Å². The summed E-state index contributed by atoms with van der Waals surface area (Å²) < 4.78 is 0. The van der Waals surface area contributed by atoms with Crippen LogP contribution in [0.4, 0.5) is 0 Å². The first-order chi connectivity index (χ1) is 3.12. The molecular formula is C5H12BrN. The van der Waals surface area contributed by atoms with Crippen LogP contribution in [0.5, 0.6) is 0 Å². The molecule has 0 saturated heterocycles. The van der Waals surface area contributed by atoms with E-state index in [0.29, 0.717) is 0 Å². The van der Waals surface area contributed by atoms with Crippen molar-refractivity contribution in [2.75, 3.05) is 11.9 Å². The normalized spacial score (nSPS) is 12.0. The average Bonchev–Trinajstić information content (AvgIpc) is 1.68. The van der Waals surface area contributed by atoms with Gasteiger partial charge in [0.2, 0.25) is 0 Å². The van der Waals surface area contributed by atoms with Crippen LogP contribution in [0.1, 0.15) is 13.8 Å². The fraction of sp³-hybridized carbons (Fsp3) is 1.00. The molecule has 1 nitrogen and oxygen atoms in total. The summed E-state index contributed by atoms with van der Waals surface area (Å²) in [5.41, 5.74) is 5.66. The molecule has 0 aliphatic carbocycles. The van der Waals surface area contributed by atoms with Gasteiger partial charge < -0.3 is 5.73 Å². The van der Waals surface area contributed by atoms with E-state index in [0.717, 1.165) is 11.9 Å². The minimum Gasteiger partial charge on any atom is -0.330 e. The van der Waals surface area contributed by atoms with Crippen molar-refractivity contribution in [2.24, 2.45) is 11.1 Å². The Balaban J connectivity index is 3.36. The Morgan fingerprint density at radius 1 is 1.57 bits per heavy atom. The van der Waals surface area contributed by atoms with E-state index in [2.05, 4.69) is 29.8 Å². The van der Waals surface area contributed by atoms with Gasteiger partial charge in [0, 0.05) is 5.33 Å². The number of hydrogen-bond acceptors (Lipinski definition) is 1. The summed E-state index contributed by atoms with van der Waals surface area (Å²) in [7, 11) is 0. The van der Waals surface area contributed by atoms with E-state index < -0.39 is 0 Å². The minimum atomic E-state index is 0.278. The van der Waals surface area contributed by atoms with Gasteiger partial charge in [-0.15, -0.1) is 0 Å². The monoisotopic (exact) mass is 165 g/mol. The summed E-state index contributed by atoms with van der Waals surface area (Å²) in [6.07, 6.45) is 0. The highest BCUT2D eigenvalue weighted by molar-refractivity contribution is 9.09. The molecule has 2 heteroatoms. The Labute approximate surface area is 53.4 Å². The van der Waals surface area contributed by atoms with Crippen molar-refractivity contribution in [3.05, 3.63) is 0 Å². The maximum Gasteiger partial charge on any atom is 0.00947 e. The molecule has 0 aromatic carbocycles. The molecule has 0 aromatic heterocycles. The second kappa shape index (κ2) is 2.68. The predicted octanol–water partition coefficient (Wildman–Crippen LogP) is 1.37. The Morgan fingerprint density at radius 3 is 2.00 bits per heavy atom. The average molecular weight is 166 g/mol. The minimum absolute atomic E-state index is 0.278. The molecule has 0 heterocycles. The summed E-state index contributed by atoms with van der Waals surface area (Å²) in [6, 6.07) is 0. The van der Waals surface area contributed by atoms with E-state index in [1.54, 1.807) is 0 Å². The lowest BCUT2D eigenvalue weighted by Gasteiger charge is -2.17. The van der Waals surface area contributed by atoms with Gasteiger partial charge in [-0.1, -0.05) is 29.8 Å². The molecule has 0 bridgehead atoms. The largest absolute Gasteiger partial charge is 0.330 e. The highest BCUT2D eigenvalue weighted by Crippen LogP contribution is 2.14. The maximum absolute atomic E-state index is 5.39. The Kier molecular flexibility index (Phi) is 2.84. The number of rotatable bonds is 2. The maximum atomic E-state index is 5.39. The lowest BCUT2D eigenvalue weighted by molar-refractivity contribution is 0.442. The van der Waals surface area contributed by atoms with Gasteiger partial charge in [0.1, 0.15) is 0 Å². The molecule has 2 N–H and O–H groups in total. The number of alkyl halides is 1. The Bertz CT molecular complexity index is 46.0. The van der Waals surface area contributed by atoms with Crippen molar-refractivity contribution in [1.29, 1.82) is 0 Å². The molecule has 0 amide bonds. The van der Waals surface area contributed by atoms with Crippen LogP contribution in [-0.4, -0.2) is 11.9 Å². The quantitative estimate of drug-likeness (QED) is 0.616. The van der Waals surface area contributed by atoms with Gasteiger partial charge in [0.05, 0.1) is 0 Å². The fourth-order valence-electron chi connectivity index (χ4n) is 0.0546. The van der Waals surface area contributed by atoms with Crippen LogP contribution in [0.15, 0.2) is 0 Å². The second-order valence-corrected chi connectivity index (χ2v) is 3.06. The smallest absolute Gasteiger partial charge is 0.00947 e. The van der Waals surface area contributed by atoms with Crippen LogP contribution in [0, 0.1) is 5.41 Å². The molecule has 0 saturated carbocycles. The lowest BCUT2D eigenvalue weighted by atomic mass is 9.98. The third-order valence-corrected chi connectivity index (χ3v) is 2.43. The molecule has 44 valence electrons. The molecule has 0 radical (unpaired) electrons. The third-order valence-electron chi connectivity index (χ3n) is 0.914. The summed E-state index contributed by atoms with van der Waals surface area (Å²) in [5, 5.41) is 0.983. The SMILES string of the molecule is CC(C)(CN)CBr. The predicted molar refractivity (Wildman–Crippen MR) is 36.6 cm³/mol. The molecule has 0 aliphatic rings. The topological polar surface area (TPSA) is 26.0 Å². The molecule has 7 heavy (non-hydrogen) atoms. The number of hydrogen-bond donors (Lipinski definition) is 1. The first-order valence-electron chi connectivity index (χ1n) is 2.38. The molecule has 0 aromatic rings. The van der Waals surface area contributed by atoms with Gasteiger partial charge in [0.25, 0.3) is 0 Å². The highest BCUT2D eigenvalue weighted by Gasteiger charge is 2.11. The fourth-order valence-corrected chi connectivity index (χ4v) is 0.283. The third kappa shape index (κ3) is 3.06. The molecule has 0 rings (SSSR count). The second-order valence-electron chi connectivity index (χ2n) is 2.50. The van der Waals surface area contributed by atoms with Gasteiger partial charge in [-0.25, -0.2) is 0 Å². The molecule has 0 unspecified atom stereocenters. The molecule has 0 aliphatic heterocycles. The molecule has 0 fully saturated rings. The summed E-state index contributed by atoms with van der Waals surface area (Å²) in [6.45, 7) is 5.00. The van der Waals surface area contributed by atoms with Crippen molar-refractivity contribution in [2.45, 2.75) is 13.8 Å². The van der Waals surface area contributed by atoms with Gasteiger partial charge in [-0.2, -0.15) is 0 Å². The number of nitrogens with two attached hydrogens (primary N) is 1. The van der Waals surface area contributed by atoms with Crippen molar-refractivity contribution >= 4 is 15.9 Å². The zero-order valence-electron chi connectivity index (χ0n) is 4.87. The van der Waals surface area contributed by atoms with E-state index >= 15 is 0 Å². The van der Waals surface area contributed by atoms with E-state index in [-0.39, 0.29) is 5.41 Å². The first-order valence-corrected chi connectivity index (χ1v) is 3.50. The molecule has 0 atom stereocenters. The van der Waals surface area contributed by atoms with E-state index in [1.807, 2.05) is 0 Å². The van der Waals surface area contributed by atoms with Gasteiger partial charge in [-0.3, -0.25) is 0 Å². The zero-order chi connectivity index (χ0) is 5.91. The zero-order valence-corrected chi connectivity index (χ0v) is 6.46. The van der Waals surface area contributed by atoms with Crippen LogP contribution in [0.2, 0.25) is 0 Å². The van der Waals surface area contributed by atoms with Crippen LogP contribution in [0.25, 0.3) is 0 Å². The van der Waals surface area contributed by atoms with Crippen LogP contribution < -0.4 is 5.73 Å². The first kappa shape index (κ1) is 7.44. The van der Waals surface area contributed by atoms with Crippen LogP contribution >= 0.6 is 15.9 Å². The van der Waals surface area contributed by atoms with E-state index in [9.17, 15) is 0 Å². The van der Waals surface area contributed by atoms with Gasteiger partial charge in [-0.05, 0) is 12.0 Å². The number of halogens is 1. The van der Waals surface area contributed by atoms with E-state index in [4.69, 9.17) is 5.73 Å².